The number of benzene rings is 1. The Bertz CT molecular complexity index is 481. The van der Waals surface area contributed by atoms with E-state index >= 15 is 0 Å². The topological polar surface area (TPSA) is 23.6 Å². The predicted octanol–water partition coefficient (Wildman–Crippen LogP) is 2.95. The van der Waals surface area contributed by atoms with Crippen LogP contribution in [-0.4, -0.2) is 43.4 Å². The van der Waals surface area contributed by atoms with E-state index in [2.05, 4.69) is 11.8 Å². The van der Waals surface area contributed by atoms with Crippen molar-refractivity contribution in [3.8, 4) is 0 Å². The molecule has 0 spiro atoms. The van der Waals surface area contributed by atoms with E-state index < -0.39 is 0 Å². The van der Waals surface area contributed by atoms with Gasteiger partial charge in [-0.2, -0.15) is 0 Å². The Hall–Kier alpha value is -1.42. The van der Waals surface area contributed by atoms with E-state index in [4.69, 9.17) is 0 Å². The fourth-order valence-electron chi connectivity index (χ4n) is 2.83. The zero-order chi connectivity index (χ0) is 14.7. The number of piperidine rings is 1. The number of rotatable bonds is 4. The molecule has 2 rings (SSSR count). The lowest BCUT2D eigenvalue weighted by Gasteiger charge is -2.37. The number of carbonyl (C=O) groups is 1. The molecule has 3 nitrogen and oxygen atoms in total. The second-order valence-corrected chi connectivity index (χ2v) is 5.50. The van der Waals surface area contributed by atoms with Gasteiger partial charge in [0.15, 0.2) is 5.78 Å². The van der Waals surface area contributed by atoms with Crippen molar-refractivity contribution in [2.75, 3.05) is 31.6 Å². The molecule has 0 aromatic heterocycles. The van der Waals surface area contributed by atoms with Crippen LogP contribution in [0.5, 0.6) is 0 Å². The van der Waals surface area contributed by atoms with E-state index in [1.807, 2.05) is 11.9 Å². The van der Waals surface area contributed by atoms with E-state index in [1.165, 1.54) is 13.0 Å². The van der Waals surface area contributed by atoms with E-state index in [9.17, 15) is 9.18 Å². The lowest BCUT2D eigenvalue weighted by atomic mass is 10.0. The molecular weight excluding hydrogens is 255 g/mol. The van der Waals surface area contributed by atoms with Crippen molar-refractivity contribution in [3.05, 3.63) is 29.6 Å². The number of hydrogen-bond donors (Lipinski definition) is 0. The quantitative estimate of drug-likeness (QED) is 0.791. The molecule has 1 aromatic carbocycles. The molecule has 1 aliphatic heterocycles. The molecule has 0 amide bonds. The Morgan fingerprint density at radius 3 is 2.55 bits per heavy atom. The molecule has 1 aliphatic rings. The molecule has 4 heteroatoms. The summed E-state index contributed by atoms with van der Waals surface area (Å²) in [6.07, 6.45) is 2.11. The predicted molar refractivity (Wildman–Crippen MR) is 79.9 cm³/mol. The van der Waals surface area contributed by atoms with Crippen molar-refractivity contribution in [1.29, 1.82) is 0 Å². The van der Waals surface area contributed by atoms with Crippen LogP contribution in [0.4, 0.5) is 10.1 Å². The Balaban J connectivity index is 2.09. The molecule has 0 N–H and O–H groups in total. The van der Waals surface area contributed by atoms with E-state index in [-0.39, 0.29) is 11.6 Å². The Kier molecular flexibility index (Phi) is 4.76. The third-order valence-electron chi connectivity index (χ3n) is 4.29. The Morgan fingerprint density at radius 1 is 1.40 bits per heavy atom. The fraction of sp³-hybridized carbons (Fsp3) is 0.562. The van der Waals surface area contributed by atoms with Gasteiger partial charge in [-0.3, -0.25) is 4.79 Å². The molecular formula is C16H23FN2O. The van der Waals surface area contributed by atoms with Gasteiger partial charge in [0.05, 0.1) is 5.69 Å². The van der Waals surface area contributed by atoms with Crippen molar-refractivity contribution in [3.63, 3.8) is 0 Å². The second-order valence-electron chi connectivity index (χ2n) is 5.50. The van der Waals surface area contributed by atoms with Gasteiger partial charge in [0.2, 0.25) is 0 Å². The summed E-state index contributed by atoms with van der Waals surface area (Å²) in [6.45, 7) is 6.85. The zero-order valence-corrected chi connectivity index (χ0v) is 12.5. The van der Waals surface area contributed by atoms with E-state index in [0.29, 0.717) is 17.3 Å². The van der Waals surface area contributed by atoms with Gasteiger partial charge in [0.25, 0.3) is 0 Å². The third kappa shape index (κ3) is 3.18. The molecule has 20 heavy (non-hydrogen) atoms. The largest absolute Gasteiger partial charge is 0.369 e. The smallest absolute Gasteiger partial charge is 0.159 e. The van der Waals surface area contributed by atoms with Gasteiger partial charge in [-0.1, -0.05) is 6.92 Å². The van der Waals surface area contributed by atoms with Crippen LogP contribution in [0.2, 0.25) is 0 Å². The maximum Gasteiger partial charge on any atom is 0.159 e. The minimum atomic E-state index is -0.307. The first-order valence-corrected chi connectivity index (χ1v) is 7.28. The summed E-state index contributed by atoms with van der Waals surface area (Å²) in [6, 6.07) is 5.14. The molecule has 0 aliphatic carbocycles. The average Bonchev–Trinajstić information content (AvgIpc) is 2.46. The first kappa shape index (κ1) is 15.0. The number of nitrogens with zero attached hydrogens (tertiary/aromatic N) is 2. The molecule has 1 aromatic rings. The summed E-state index contributed by atoms with van der Waals surface area (Å²) in [5, 5.41) is 0. The van der Waals surface area contributed by atoms with Crippen LogP contribution in [0, 0.1) is 5.82 Å². The van der Waals surface area contributed by atoms with Gasteiger partial charge >= 0.3 is 0 Å². The number of ketones is 1. The van der Waals surface area contributed by atoms with Crippen molar-refractivity contribution in [1.82, 2.24) is 4.90 Å². The summed E-state index contributed by atoms with van der Waals surface area (Å²) >= 11 is 0. The maximum absolute atomic E-state index is 14.2. The lowest BCUT2D eigenvalue weighted by molar-refractivity contribution is 0.101. The standard InChI is InChI=1S/C16H23FN2O/c1-4-19-9-7-14(8-10-19)18(3)16-6-5-13(12(2)20)11-15(16)17/h5-6,11,14H,4,7-10H2,1-3H3. The zero-order valence-electron chi connectivity index (χ0n) is 12.5. The van der Waals surface area contributed by atoms with Gasteiger partial charge in [0.1, 0.15) is 5.82 Å². The molecule has 1 fully saturated rings. The monoisotopic (exact) mass is 278 g/mol. The van der Waals surface area contributed by atoms with Gasteiger partial charge in [-0.15, -0.1) is 0 Å². The summed E-state index contributed by atoms with van der Waals surface area (Å²) in [7, 11) is 1.94. The number of Topliss-reactive ketones (excluding diaryl/α,β-unsaturated/α-hetero) is 1. The van der Waals surface area contributed by atoms with Gasteiger partial charge in [-0.05, 0) is 44.5 Å². The van der Waals surface area contributed by atoms with Crippen LogP contribution in [0.1, 0.15) is 37.0 Å². The van der Waals surface area contributed by atoms with Gasteiger partial charge in [-0.25, -0.2) is 4.39 Å². The van der Waals surface area contributed by atoms with Crippen molar-refractivity contribution in [2.24, 2.45) is 0 Å². The highest BCUT2D eigenvalue weighted by atomic mass is 19.1. The van der Waals surface area contributed by atoms with E-state index in [1.54, 1.807) is 12.1 Å². The van der Waals surface area contributed by atoms with Crippen molar-refractivity contribution >= 4 is 11.5 Å². The number of anilines is 1. The molecule has 0 atom stereocenters. The molecule has 1 saturated heterocycles. The van der Waals surface area contributed by atoms with Crippen LogP contribution >= 0.6 is 0 Å². The number of halogens is 1. The van der Waals surface area contributed by atoms with Gasteiger partial charge < -0.3 is 9.80 Å². The highest BCUT2D eigenvalue weighted by Gasteiger charge is 2.23. The molecule has 0 unspecified atom stereocenters. The number of likely N-dealkylation sites (tertiary alicyclic amines) is 1. The fourth-order valence-corrected chi connectivity index (χ4v) is 2.83. The molecule has 0 radical (unpaired) electrons. The molecule has 0 saturated carbocycles. The summed E-state index contributed by atoms with van der Waals surface area (Å²) in [5.41, 5.74) is 1.02. The average molecular weight is 278 g/mol. The van der Waals surface area contributed by atoms with Crippen molar-refractivity contribution < 1.29 is 9.18 Å². The Labute approximate surface area is 120 Å². The van der Waals surface area contributed by atoms with Crippen LogP contribution in [0.15, 0.2) is 18.2 Å². The molecule has 110 valence electrons. The van der Waals surface area contributed by atoms with Crippen molar-refractivity contribution in [2.45, 2.75) is 32.7 Å². The number of hydrogen-bond acceptors (Lipinski definition) is 3. The first-order chi connectivity index (χ1) is 9.52. The summed E-state index contributed by atoms with van der Waals surface area (Å²) in [4.78, 5) is 15.7. The van der Waals surface area contributed by atoms with Crippen LogP contribution < -0.4 is 4.90 Å². The summed E-state index contributed by atoms with van der Waals surface area (Å²) in [5.74, 6) is -0.410. The van der Waals surface area contributed by atoms with Crippen LogP contribution in [0.3, 0.4) is 0 Å². The minimum absolute atomic E-state index is 0.102. The van der Waals surface area contributed by atoms with Crippen LogP contribution in [-0.2, 0) is 0 Å². The van der Waals surface area contributed by atoms with Crippen LogP contribution in [0.25, 0.3) is 0 Å². The first-order valence-electron chi connectivity index (χ1n) is 7.28. The third-order valence-corrected chi connectivity index (χ3v) is 4.29. The highest BCUT2D eigenvalue weighted by Crippen LogP contribution is 2.25. The second kappa shape index (κ2) is 6.35. The van der Waals surface area contributed by atoms with Gasteiger partial charge in [0, 0.05) is 31.7 Å². The Morgan fingerprint density at radius 2 is 2.05 bits per heavy atom. The highest BCUT2D eigenvalue weighted by molar-refractivity contribution is 5.94. The number of carbonyl (C=O) groups excluding carboxylic acids is 1. The summed E-state index contributed by atoms with van der Waals surface area (Å²) < 4.78 is 14.2. The maximum atomic E-state index is 14.2. The molecule has 1 heterocycles. The lowest BCUT2D eigenvalue weighted by Crippen LogP contribution is -2.43. The SMILES string of the molecule is CCN1CCC(N(C)c2ccc(C(C)=O)cc2F)CC1. The molecule has 0 bridgehead atoms. The normalized spacial score (nSPS) is 17.2. The van der Waals surface area contributed by atoms with E-state index in [0.717, 1.165) is 32.5 Å². The minimum Gasteiger partial charge on any atom is -0.369 e.